The molecule has 1 aliphatic carbocycles. The number of nitrogens with zero attached hydrogens (tertiary/aromatic N) is 3. The summed E-state index contributed by atoms with van der Waals surface area (Å²) in [5.74, 6) is -0.507. The Balaban J connectivity index is 1.43. The molecule has 0 spiro atoms. The molecule has 0 unspecified atom stereocenters. The van der Waals surface area contributed by atoms with Gasteiger partial charge in [0.05, 0.1) is 18.8 Å². The van der Waals surface area contributed by atoms with E-state index in [0.29, 0.717) is 6.54 Å². The first-order chi connectivity index (χ1) is 13.5. The van der Waals surface area contributed by atoms with Gasteiger partial charge in [-0.15, -0.1) is 0 Å². The predicted molar refractivity (Wildman–Crippen MR) is 106 cm³/mol. The minimum absolute atomic E-state index is 0.0174. The van der Waals surface area contributed by atoms with Gasteiger partial charge >= 0.3 is 0 Å². The number of fused-ring (bicyclic) bond motifs is 1. The van der Waals surface area contributed by atoms with Crippen molar-refractivity contribution in [3.05, 3.63) is 53.3 Å². The molecular formula is C20H22N4O3S. The van der Waals surface area contributed by atoms with Crippen molar-refractivity contribution in [2.24, 2.45) is 0 Å². The van der Waals surface area contributed by atoms with Gasteiger partial charge in [0.15, 0.2) is 0 Å². The van der Waals surface area contributed by atoms with Crippen LogP contribution in [0.4, 0.5) is 4.79 Å². The molecule has 1 saturated heterocycles. The number of carbonyl (C=O) groups is 3. The van der Waals surface area contributed by atoms with Crippen molar-refractivity contribution in [3.63, 3.8) is 0 Å². The number of aromatic nitrogens is 2. The highest BCUT2D eigenvalue weighted by atomic mass is 32.2. The van der Waals surface area contributed by atoms with E-state index in [4.69, 9.17) is 0 Å². The first-order valence-electron chi connectivity index (χ1n) is 9.39. The highest BCUT2D eigenvalue weighted by molar-refractivity contribution is 8.15. The maximum absolute atomic E-state index is 12.5. The van der Waals surface area contributed by atoms with E-state index < -0.39 is 5.25 Å². The summed E-state index contributed by atoms with van der Waals surface area (Å²) in [5, 5.41) is 6.66. The summed E-state index contributed by atoms with van der Waals surface area (Å²) in [6.45, 7) is 0.707. The number of rotatable bonds is 5. The second-order valence-corrected chi connectivity index (χ2v) is 8.33. The van der Waals surface area contributed by atoms with Crippen LogP contribution in [0.3, 0.4) is 0 Å². The highest BCUT2D eigenvalue weighted by Gasteiger charge is 2.38. The Morgan fingerprint density at radius 3 is 2.79 bits per heavy atom. The summed E-state index contributed by atoms with van der Waals surface area (Å²) in [6, 6.07) is 10.1. The molecule has 0 radical (unpaired) electrons. The monoisotopic (exact) mass is 398 g/mol. The first-order valence-corrected chi connectivity index (χ1v) is 10.3. The average molecular weight is 398 g/mol. The van der Waals surface area contributed by atoms with Crippen LogP contribution in [0, 0.1) is 0 Å². The van der Waals surface area contributed by atoms with Crippen LogP contribution in [0.25, 0.3) is 0 Å². The van der Waals surface area contributed by atoms with Crippen LogP contribution in [-0.4, -0.2) is 44.0 Å². The standard InChI is InChI=1S/C20H22N4O3S/c1-23-19(26)17(28-20(23)27)10-18(25)22-15-8-5-9-16-14(15)11-21-24(16)12-13-6-3-2-4-7-13/h2-4,6-7,11,15,17H,5,8-10,12H2,1H3,(H,22,25)/t15-,17-/m0/s1. The van der Waals surface area contributed by atoms with Crippen LogP contribution in [0.2, 0.25) is 0 Å². The summed E-state index contributed by atoms with van der Waals surface area (Å²) in [6.07, 6.45) is 4.61. The molecule has 7 nitrogen and oxygen atoms in total. The van der Waals surface area contributed by atoms with Crippen molar-refractivity contribution in [1.29, 1.82) is 0 Å². The van der Waals surface area contributed by atoms with Gasteiger partial charge in [0, 0.05) is 24.7 Å². The lowest BCUT2D eigenvalue weighted by Gasteiger charge is -2.24. The molecule has 2 aliphatic rings. The van der Waals surface area contributed by atoms with E-state index in [-0.39, 0.29) is 29.5 Å². The van der Waals surface area contributed by atoms with Crippen molar-refractivity contribution >= 4 is 28.8 Å². The number of hydrogen-bond donors (Lipinski definition) is 1. The Labute approximate surface area is 167 Å². The zero-order valence-corrected chi connectivity index (χ0v) is 16.4. The number of nitrogens with one attached hydrogen (secondary N) is 1. The van der Waals surface area contributed by atoms with Gasteiger partial charge in [0.1, 0.15) is 5.25 Å². The van der Waals surface area contributed by atoms with Gasteiger partial charge in [-0.1, -0.05) is 42.1 Å². The normalized spacial score (nSPS) is 21.7. The molecule has 0 bridgehead atoms. The highest BCUT2D eigenvalue weighted by Crippen LogP contribution is 2.31. The van der Waals surface area contributed by atoms with Crippen LogP contribution >= 0.6 is 11.8 Å². The Morgan fingerprint density at radius 1 is 1.29 bits per heavy atom. The zero-order valence-electron chi connectivity index (χ0n) is 15.6. The fourth-order valence-electron chi connectivity index (χ4n) is 3.77. The summed E-state index contributed by atoms with van der Waals surface area (Å²) in [4.78, 5) is 37.2. The van der Waals surface area contributed by atoms with E-state index >= 15 is 0 Å². The number of carbonyl (C=O) groups excluding carboxylic acids is 3. The summed E-state index contributed by atoms with van der Waals surface area (Å²) < 4.78 is 2.01. The fraction of sp³-hybridized carbons (Fsp3) is 0.400. The van der Waals surface area contributed by atoms with Crippen LogP contribution in [0.1, 0.15) is 42.1 Å². The van der Waals surface area contributed by atoms with Gasteiger partial charge in [-0.2, -0.15) is 5.10 Å². The molecule has 2 aromatic rings. The van der Waals surface area contributed by atoms with Gasteiger partial charge < -0.3 is 5.32 Å². The van der Waals surface area contributed by atoms with Crippen molar-refractivity contribution in [3.8, 4) is 0 Å². The maximum atomic E-state index is 12.5. The summed E-state index contributed by atoms with van der Waals surface area (Å²) >= 11 is 0.923. The van der Waals surface area contributed by atoms with E-state index in [0.717, 1.165) is 47.2 Å². The summed E-state index contributed by atoms with van der Waals surface area (Å²) in [7, 11) is 1.45. The Kier molecular flexibility index (Phi) is 5.21. The fourth-order valence-corrected chi connectivity index (χ4v) is 4.75. The molecule has 1 aliphatic heterocycles. The lowest BCUT2D eigenvalue weighted by Crippen LogP contribution is -2.35. The third-order valence-electron chi connectivity index (χ3n) is 5.27. The largest absolute Gasteiger partial charge is 0.349 e. The van der Waals surface area contributed by atoms with Crippen LogP contribution in [-0.2, 0) is 22.6 Å². The van der Waals surface area contributed by atoms with Crippen LogP contribution < -0.4 is 5.32 Å². The minimum Gasteiger partial charge on any atom is -0.349 e. The molecule has 28 heavy (non-hydrogen) atoms. The average Bonchev–Trinajstić information content (AvgIpc) is 3.20. The van der Waals surface area contributed by atoms with Gasteiger partial charge in [0.25, 0.3) is 5.24 Å². The molecule has 1 fully saturated rings. The SMILES string of the molecule is CN1C(=O)S[C@@H](CC(=O)N[C@H]2CCCc3c2cnn3Cc2ccccc2)C1=O. The molecule has 4 rings (SSSR count). The van der Waals surface area contributed by atoms with Crippen LogP contribution in [0.15, 0.2) is 36.5 Å². The van der Waals surface area contributed by atoms with E-state index in [1.165, 1.54) is 12.6 Å². The van der Waals surface area contributed by atoms with Gasteiger partial charge in [0.2, 0.25) is 11.8 Å². The molecular weight excluding hydrogens is 376 g/mol. The number of hydrogen-bond acceptors (Lipinski definition) is 5. The third-order valence-corrected chi connectivity index (χ3v) is 6.40. The van der Waals surface area contributed by atoms with Gasteiger partial charge in [-0.25, -0.2) is 0 Å². The second-order valence-electron chi connectivity index (χ2n) is 7.18. The maximum Gasteiger partial charge on any atom is 0.288 e. The molecule has 3 amide bonds. The number of amides is 3. The van der Waals surface area contributed by atoms with Gasteiger partial charge in [-0.05, 0) is 24.8 Å². The topological polar surface area (TPSA) is 84.3 Å². The van der Waals surface area contributed by atoms with Crippen molar-refractivity contribution in [1.82, 2.24) is 20.0 Å². The van der Waals surface area contributed by atoms with E-state index in [1.54, 1.807) is 0 Å². The molecule has 1 aromatic heterocycles. The first kappa shape index (κ1) is 18.7. The molecule has 8 heteroatoms. The molecule has 1 aromatic carbocycles. The Morgan fingerprint density at radius 2 is 2.07 bits per heavy atom. The van der Waals surface area contributed by atoms with Crippen molar-refractivity contribution in [2.45, 2.75) is 43.5 Å². The molecule has 0 saturated carbocycles. The Hall–Kier alpha value is -2.61. The predicted octanol–water partition coefficient (Wildman–Crippen LogP) is 2.51. The van der Waals surface area contributed by atoms with E-state index in [1.807, 2.05) is 29.1 Å². The third kappa shape index (κ3) is 3.69. The zero-order chi connectivity index (χ0) is 19.7. The lowest BCUT2D eigenvalue weighted by molar-refractivity contribution is -0.129. The number of imide groups is 1. The number of benzene rings is 1. The smallest absolute Gasteiger partial charge is 0.288 e. The Bertz CT molecular complexity index is 911. The number of thioether (sulfide) groups is 1. The van der Waals surface area contributed by atoms with E-state index in [2.05, 4.69) is 22.5 Å². The molecule has 146 valence electrons. The van der Waals surface area contributed by atoms with Crippen LogP contribution in [0.5, 0.6) is 0 Å². The van der Waals surface area contributed by atoms with E-state index in [9.17, 15) is 14.4 Å². The second kappa shape index (κ2) is 7.79. The van der Waals surface area contributed by atoms with Crippen molar-refractivity contribution in [2.75, 3.05) is 7.05 Å². The summed E-state index contributed by atoms with van der Waals surface area (Å²) in [5.41, 5.74) is 3.39. The molecule has 2 atom stereocenters. The lowest BCUT2D eigenvalue weighted by atomic mass is 9.92. The minimum atomic E-state index is -0.624. The van der Waals surface area contributed by atoms with Crippen molar-refractivity contribution < 1.29 is 14.4 Å². The quantitative estimate of drug-likeness (QED) is 0.837. The molecule has 1 N–H and O–H groups in total. The van der Waals surface area contributed by atoms with Gasteiger partial charge in [-0.3, -0.25) is 24.0 Å². The molecule has 2 heterocycles.